The molecule has 21 heavy (non-hydrogen) atoms. The zero-order valence-corrected chi connectivity index (χ0v) is 14.4. The van der Waals surface area contributed by atoms with E-state index in [4.69, 9.17) is 34.8 Å². The molecule has 3 rings (SSSR count). The van der Waals surface area contributed by atoms with Crippen LogP contribution >= 0.6 is 46.5 Å². The summed E-state index contributed by atoms with van der Waals surface area (Å²) < 4.78 is 10.2. The van der Waals surface area contributed by atoms with Crippen molar-refractivity contribution >= 4 is 57.6 Å². The minimum atomic E-state index is -0.265. The number of benzene rings is 1. The molecular formula is C12H10Cl3N5S. The number of hydrogen-bond donors (Lipinski definition) is 0. The summed E-state index contributed by atoms with van der Waals surface area (Å²) in [5.41, 5.74) is 1.51. The molecule has 0 atom stereocenters. The first-order valence-corrected chi connectivity index (χ1v) is 7.89. The number of halogens is 3. The second kappa shape index (κ2) is 5.05. The van der Waals surface area contributed by atoms with Crippen LogP contribution < -0.4 is 0 Å². The average molecular weight is 363 g/mol. The standard InChI is InChI=1S/C12H10Cl3N5S/c1-12(2,3)10-16-17-11(15)20(10)9-6(14)4-5(13)7-8(9)19-21-18-7/h4H,1-3H3. The van der Waals surface area contributed by atoms with Crippen LogP contribution in [0.1, 0.15) is 26.6 Å². The molecule has 3 aromatic rings. The van der Waals surface area contributed by atoms with Crippen LogP contribution in [0.25, 0.3) is 16.7 Å². The van der Waals surface area contributed by atoms with Gasteiger partial charge < -0.3 is 0 Å². The molecule has 0 saturated carbocycles. The first kappa shape index (κ1) is 15.0. The topological polar surface area (TPSA) is 56.5 Å². The van der Waals surface area contributed by atoms with Gasteiger partial charge in [0.25, 0.3) is 0 Å². The second-order valence-corrected chi connectivity index (χ2v) is 7.21. The number of rotatable bonds is 1. The first-order chi connectivity index (χ1) is 9.80. The lowest BCUT2D eigenvalue weighted by atomic mass is 9.95. The Kier molecular flexibility index (Phi) is 3.60. The van der Waals surface area contributed by atoms with Gasteiger partial charge in [0, 0.05) is 5.41 Å². The van der Waals surface area contributed by atoms with E-state index in [2.05, 4.69) is 18.9 Å². The van der Waals surface area contributed by atoms with Gasteiger partial charge in [-0.3, -0.25) is 4.57 Å². The van der Waals surface area contributed by atoms with Crippen LogP contribution in [0, 0.1) is 0 Å². The van der Waals surface area contributed by atoms with E-state index in [1.165, 1.54) is 0 Å². The van der Waals surface area contributed by atoms with Crippen LogP contribution in [0.4, 0.5) is 0 Å². The third-order valence-corrected chi connectivity index (χ3v) is 4.29. The highest BCUT2D eigenvalue weighted by molar-refractivity contribution is 7.00. The van der Waals surface area contributed by atoms with Crippen LogP contribution in [0.15, 0.2) is 6.07 Å². The lowest BCUT2D eigenvalue weighted by Crippen LogP contribution is -2.18. The van der Waals surface area contributed by atoms with Gasteiger partial charge in [-0.25, -0.2) is 0 Å². The molecule has 0 aliphatic heterocycles. The number of nitrogens with zero attached hydrogens (tertiary/aromatic N) is 5. The summed E-state index contributed by atoms with van der Waals surface area (Å²) in [7, 11) is 0. The van der Waals surface area contributed by atoms with Crippen molar-refractivity contribution < 1.29 is 0 Å². The molecular weight excluding hydrogens is 353 g/mol. The smallest absolute Gasteiger partial charge is 0.229 e. The summed E-state index contributed by atoms with van der Waals surface area (Å²) in [6, 6.07) is 1.63. The van der Waals surface area contributed by atoms with Gasteiger partial charge in [-0.1, -0.05) is 44.0 Å². The van der Waals surface area contributed by atoms with Gasteiger partial charge in [0.1, 0.15) is 16.9 Å². The van der Waals surface area contributed by atoms with Crippen LogP contribution in [0.2, 0.25) is 15.3 Å². The third kappa shape index (κ3) is 2.40. The molecule has 0 aliphatic carbocycles. The van der Waals surface area contributed by atoms with Gasteiger partial charge in [-0.2, -0.15) is 8.75 Å². The highest BCUT2D eigenvalue weighted by atomic mass is 35.5. The molecule has 110 valence electrons. The Bertz CT molecular complexity index is 833. The van der Waals surface area contributed by atoms with Gasteiger partial charge in [0.2, 0.25) is 5.28 Å². The van der Waals surface area contributed by atoms with E-state index in [-0.39, 0.29) is 10.7 Å². The lowest BCUT2D eigenvalue weighted by Gasteiger charge is -2.19. The number of aromatic nitrogens is 5. The van der Waals surface area contributed by atoms with Crippen molar-refractivity contribution in [2.24, 2.45) is 0 Å². The van der Waals surface area contributed by atoms with Crippen LogP contribution in [-0.4, -0.2) is 23.5 Å². The van der Waals surface area contributed by atoms with E-state index in [1.807, 2.05) is 20.8 Å². The zero-order chi connectivity index (χ0) is 15.4. The molecule has 0 N–H and O–H groups in total. The number of fused-ring (bicyclic) bond motifs is 1. The van der Waals surface area contributed by atoms with Gasteiger partial charge in [0.15, 0.2) is 0 Å². The Labute approximate surface area is 140 Å². The average Bonchev–Trinajstić information content (AvgIpc) is 2.96. The fourth-order valence-electron chi connectivity index (χ4n) is 2.02. The highest BCUT2D eigenvalue weighted by Crippen LogP contribution is 2.37. The maximum absolute atomic E-state index is 6.37. The summed E-state index contributed by atoms with van der Waals surface area (Å²) in [6.45, 7) is 6.05. The molecule has 1 aromatic carbocycles. The Hall–Kier alpha value is -0.950. The lowest BCUT2D eigenvalue weighted by molar-refractivity contribution is 0.533. The van der Waals surface area contributed by atoms with Crippen molar-refractivity contribution in [2.45, 2.75) is 26.2 Å². The van der Waals surface area contributed by atoms with Crippen molar-refractivity contribution in [2.75, 3.05) is 0 Å². The number of hydrogen-bond acceptors (Lipinski definition) is 5. The Morgan fingerprint density at radius 3 is 2.33 bits per heavy atom. The molecule has 0 bridgehead atoms. The zero-order valence-electron chi connectivity index (χ0n) is 11.4. The molecule has 5 nitrogen and oxygen atoms in total. The molecule has 0 unspecified atom stereocenters. The maximum atomic E-state index is 6.37. The van der Waals surface area contributed by atoms with E-state index in [0.29, 0.717) is 32.6 Å². The highest BCUT2D eigenvalue weighted by Gasteiger charge is 2.27. The monoisotopic (exact) mass is 361 g/mol. The van der Waals surface area contributed by atoms with Crippen LogP contribution in [0.3, 0.4) is 0 Å². The molecule has 9 heteroatoms. The van der Waals surface area contributed by atoms with Crippen molar-refractivity contribution in [1.29, 1.82) is 0 Å². The van der Waals surface area contributed by atoms with Gasteiger partial charge in [0.05, 0.1) is 27.5 Å². The SMILES string of the molecule is CC(C)(C)c1nnc(Cl)n1-c1c(Cl)cc(Cl)c2nsnc12. The molecule has 0 radical (unpaired) electrons. The molecule has 0 fully saturated rings. The van der Waals surface area contributed by atoms with Gasteiger partial charge in [-0.05, 0) is 17.7 Å². The molecule has 0 spiro atoms. The fraction of sp³-hybridized carbons (Fsp3) is 0.333. The van der Waals surface area contributed by atoms with Crippen molar-refractivity contribution in [1.82, 2.24) is 23.5 Å². The van der Waals surface area contributed by atoms with Crippen LogP contribution in [0.5, 0.6) is 0 Å². The fourth-order valence-corrected chi connectivity index (χ4v) is 3.42. The quantitative estimate of drug-likeness (QED) is 0.638. The normalized spacial score (nSPS) is 12.3. The van der Waals surface area contributed by atoms with Crippen molar-refractivity contribution in [3.63, 3.8) is 0 Å². The van der Waals surface area contributed by atoms with E-state index >= 15 is 0 Å². The molecule has 2 aromatic heterocycles. The van der Waals surface area contributed by atoms with Crippen molar-refractivity contribution in [3.05, 3.63) is 27.2 Å². The Morgan fingerprint density at radius 2 is 1.67 bits per heavy atom. The molecule has 0 saturated heterocycles. The summed E-state index contributed by atoms with van der Waals surface area (Å²) in [4.78, 5) is 0. The third-order valence-electron chi connectivity index (χ3n) is 2.94. The summed E-state index contributed by atoms with van der Waals surface area (Å²) in [6.07, 6.45) is 0. The summed E-state index contributed by atoms with van der Waals surface area (Å²) >= 11 is 19.8. The van der Waals surface area contributed by atoms with E-state index in [9.17, 15) is 0 Å². The molecule has 0 aliphatic rings. The first-order valence-electron chi connectivity index (χ1n) is 6.02. The second-order valence-electron chi connectivity index (χ2n) is 5.53. The van der Waals surface area contributed by atoms with Gasteiger partial charge >= 0.3 is 0 Å². The summed E-state index contributed by atoms with van der Waals surface area (Å²) in [5.74, 6) is 0.686. The maximum Gasteiger partial charge on any atom is 0.229 e. The molecule has 0 amide bonds. The van der Waals surface area contributed by atoms with Gasteiger partial charge in [-0.15, -0.1) is 10.2 Å². The minimum absolute atomic E-state index is 0.221. The Balaban J connectivity index is 2.42. The van der Waals surface area contributed by atoms with E-state index < -0.39 is 0 Å². The van der Waals surface area contributed by atoms with E-state index in [1.54, 1.807) is 10.6 Å². The minimum Gasteiger partial charge on any atom is -0.265 e. The largest absolute Gasteiger partial charge is 0.265 e. The Morgan fingerprint density at radius 1 is 1.00 bits per heavy atom. The molecule has 2 heterocycles. The van der Waals surface area contributed by atoms with E-state index in [0.717, 1.165) is 11.7 Å². The summed E-state index contributed by atoms with van der Waals surface area (Å²) in [5, 5.41) is 9.22. The predicted molar refractivity (Wildman–Crippen MR) is 86.1 cm³/mol. The van der Waals surface area contributed by atoms with Crippen molar-refractivity contribution in [3.8, 4) is 5.69 Å². The predicted octanol–water partition coefficient (Wildman–Crippen LogP) is 4.53. The van der Waals surface area contributed by atoms with Crippen LogP contribution in [-0.2, 0) is 5.41 Å².